The molecule has 0 bridgehead atoms. The minimum absolute atomic E-state index is 0.155. The van der Waals surface area contributed by atoms with Gasteiger partial charge in [0.25, 0.3) is 0 Å². The maximum atomic E-state index is 13.6. The molecular weight excluding hydrogens is 299 g/mol. The fourth-order valence-corrected chi connectivity index (χ4v) is 3.00. The molecule has 1 fully saturated rings. The van der Waals surface area contributed by atoms with Gasteiger partial charge in [0.05, 0.1) is 11.7 Å². The Morgan fingerprint density at radius 2 is 1.94 bits per heavy atom. The van der Waals surface area contributed by atoms with Crippen LogP contribution in [-0.4, -0.2) is 21.9 Å². The molecule has 0 saturated heterocycles. The summed E-state index contributed by atoms with van der Waals surface area (Å²) < 4.78 is 14.4. The third-order valence-electron chi connectivity index (χ3n) is 3.76. The van der Waals surface area contributed by atoms with Crippen LogP contribution >= 0.6 is 15.9 Å². The van der Waals surface area contributed by atoms with Crippen molar-refractivity contribution in [3.8, 4) is 0 Å². The molecule has 100 valence electrons. The molecule has 1 saturated carbocycles. The highest BCUT2D eigenvalue weighted by atomic mass is 79.9. The molecule has 0 aliphatic heterocycles. The van der Waals surface area contributed by atoms with Gasteiger partial charge >= 0.3 is 0 Å². The van der Waals surface area contributed by atoms with Crippen LogP contribution in [-0.2, 0) is 6.42 Å². The van der Waals surface area contributed by atoms with Crippen LogP contribution in [0.5, 0.6) is 0 Å². The van der Waals surface area contributed by atoms with Gasteiger partial charge in [0.15, 0.2) is 0 Å². The first-order valence-electron chi connectivity index (χ1n) is 6.36. The van der Waals surface area contributed by atoms with Gasteiger partial charge < -0.3 is 10.2 Å². The van der Waals surface area contributed by atoms with Crippen LogP contribution in [0.15, 0.2) is 22.7 Å². The smallest absolute Gasteiger partial charge is 0.126 e. The third-order valence-corrected chi connectivity index (χ3v) is 4.25. The van der Waals surface area contributed by atoms with E-state index in [2.05, 4.69) is 15.9 Å². The Balaban J connectivity index is 2.10. The highest BCUT2D eigenvalue weighted by molar-refractivity contribution is 9.10. The third kappa shape index (κ3) is 3.11. The highest BCUT2D eigenvalue weighted by Gasteiger charge is 2.36. The first-order valence-corrected chi connectivity index (χ1v) is 7.15. The fourth-order valence-electron chi connectivity index (χ4n) is 2.60. The summed E-state index contributed by atoms with van der Waals surface area (Å²) in [4.78, 5) is 0. The summed E-state index contributed by atoms with van der Waals surface area (Å²) >= 11 is 3.28. The molecule has 1 aromatic rings. The molecule has 0 amide bonds. The summed E-state index contributed by atoms with van der Waals surface area (Å²) in [5, 5.41) is 20.5. The lowest BCUT2D eigenvalue weighted by Gasteiger charge is -2.36. The summed E-state index contributed by atoms with van der Waals surface area (Å²) in [5.41, 5.74) is -0.608. The van der Waals surface area contributed by atoms with Gasteiger partial charge in [-0.15, -0.1) is 0 Å². The molecule has 1 aliphatic carbocycles. The summed E-state index contributed by atoms with van der Waals surface area (Å²) in [7, 11) is 0. The van der Waals surface area contributed by atoms with Crippen LogP contribution in [0.25, 0.3) is 0 Å². The standard InChI is InChI=1S/C14H18BrFO2/c15-11-4-5-12(16)10(8-11)9-13(17)14(18)6-2-1-3-7-14/h4-5,8,13,17-18H,1-3,6-7,9H2. The van der Waals surface area contributed by atoms with E-state index >= 15 is 0 Å². The Morgan fingerprint density at radius 1 is 1.28 bits per heavy atom. The van der Waals surface area contributed by atoms with E-state index in [4.69, 9.17) is 0 Å². The van der Waals surface area contributed by atoms with Crippen molar-refractivity contribution in [1.29, 1.82) is 0 Å². The number of halogens is 2. The van der Waals surface area contributed by atoms with E-state index in [9.17, 15) is 14.6 Å². The van der Waals surface area contributed by atoms with Crippen molar-refractivity contribution in [2.75, 3.05) is 0 Å². The van der Waals surface area contributed by atoms with E-state index in [1.165, 1.54) is 6.07 Å². The normalized spacial score (nSPS) is 20.7. The molecule has 0 heterocycles. The van der Waals surface area contributed by atoms with Gasteiger partial charge in [-0.05, 0) is 36.6 Å². The number of rotatable bonds is 3. The molecular formula is C14H18BrFO2. The summed E-state index contributed by atoms with van der Waals surface area (Å²) in [6.07, 6.45) is 3.40. The van der Waals surface area contributed by atoms with Gasteiger partial charge in [-0.1, -0.05) is 35.2 Å². The van der Waals surface area contributed by atoms with E-state index < -0.39 is 11.7 Å². The molecule has 0 radical (unpaired) electrons. The first-order chi connectivity index (χ1) is 8.51. The zero-order chi connectivity index (χ0) is 13.2. The van der Waals surface area contributed by atoms with Crippen LogP contribution in [0, 0.1) is 5.82 Å². The van der Waals surface area contributed by atoms with Crippen molar-refractivity contribution in [3.05, 3.63) is 34.1 Å². The topological polar surface area (TPSA) is 40.5 Å². The molecule has 2 N–H and O–H groups in total. The van der Waals surface area contributed by atoms with Gasteiger partial charge in [0.1, 0.15) is 5.82 Å². The van der Waals surface area contributed by atoms with E-state index in [1.54, 1.807) is 12.1 Å². The van der Waals surface area contributed by atoms with Crippen molar-refractivity contribution in [2.45, 2.75) is 50.2 Å². The Morgan fingerprint density at radius 3 is 2.61 bits per heavy atom. The Hall–Kier alpha value is -0.450. The second-order valence-corrected chi connectivity index (χ2v) is 6.04. The monoisotopic (exact) mass is 316 g/mol. The molecule has 0 spiro atoms. The second kappa shape index (κ2) is 5.68. The number of benzene rings is 1. The highest BCUT2D eigenvalue weighted by Crippen LogP contribution is 2.32. The Kier molecular flexibility index (Phi) is 4.41. The maximum Gasteiger partial charge on any atom is 0.126 e. The van der Waals surface area contributed by atoms with E-state index in [-0.39, 0.29) is 12.2 Å². The fraction of sp³-hybridized carbons (Fsp3) is 0.571. The van der Waals surface area contributed by atoms with Gasteiger partial charge in [0.2, 0.25) is 0 Å². The van der Waals surface area contributed by atoms with Crippen LogP contribution in [0.4, 0.5) is 4.39 Å². The van der Waals surface area contributed by atoms with E-state index in [1.807, 2.05) is 0 Å². The van der Waals surface area contributed by atoms with Gasteiger partial charge in [-0.25, -0.2) is 4.39 Å². The molecule has 4 heteroatoms. The van der Waals surface area contributed by atoms with Crippen molar-refractivity contribution >= 4 is 15.9 Å². The predicted octanol–water partition coefficient (Wildman–Crippen LogP) is 3.19. The van der Waals surface area contributed by atoms with Gasteiger partial charge in [-0.2, -0.15) is 0 Å². The second-order valence-electron chi connectivity index (χ2n) is 5.12. The molecule has 0 aromatic heterocycles. The molecule has 2 nitrogen and oxygen atoms in total. The minimum Gasteiger partial charge on any atom is -0.390 e. The van der Waals surface area contributed by atoms with E-state index in [0.29, 0.717) is 18.4 Å². The average Bonchev–Trinajstić information content (AvgIpc) is 2.35. The lowest BCUT2D eigenvalue weighted by molar-refractivity contribution is -0.0962. The maximum absolute atomic E-state index is 13.6. The van der Waals surface area contributed by atoms with Crippen molar-refractivity contribution in [2.24, 2.45) is 0 Å². The van der Waals surface area contributed by atoms with Crippen LogP contribution < -0.4 is 0 Å². The van der Waals surface area contributed by atoms with Crippen molar-refractivity contribution in [1.82, 2.24) is 0 Å². The van der Waals surface area contributed by atoms with Crippen molar-refractivity contribution in [3.63, 3.8) is 0 Å². The lowest BCUT2D eigenvalue weighted by atomic mass is 9.79. The average molecular weight is 317 g/mol. The molecule has 18 heavy (non-hydrogen) atoms. The minimum atomic E-state index is -1.05. The quantitative estimate of drug-likeness (QED) is 0.899. The molecule has 1 aromatic carbocycles. The summed E-state index contributed by atoms with van der Waals surface area (Å²) in [5.74, 6) is -0.336. The largest absolute Gasteiger partial charge is 0.390 e. The number of hydrogen-bond acceptors (Lipinski definition) is 2. The molecule has 2 rings (SSSR count). The summed E-state index contributed by atoms with van der Waals surface area (Å²) in [6, 6.07) is 4.66. The van der Waals surface area contributed by atoms with Crippen LogP contribution in [0.2, 0.25) is 0 Å². The van der Waals surface area contributed by atoms with Crippen LogP contribution in [0.3, 0.4) is 0 Å². The zero-order valence-electron chi connectivity index (χ0n) is 10.2. The Bertz CT molecular complexity index is 416. The molecule has 1 aliphatic rings. The SMILES string of the molecule is OC(Cc1cc(Br)ccc1F)C1(O)CCCCC1. The first kappa shape index (κ1) is 14.0. The summed E-state index contributed by atoms with van der Waals surface area (Å²) in [6.45, 7) is 0. The number of hydrogen-bond donors (Lipinski definition) is 2. The molecule has 1 unspecified atom stereocenters. The predicted molar refractivity (Wildman–Crippen MR) is 71.8 cm³/mol. The van der Waals surface area contributed by atoms with Crippen molar-refractivity contribution < 1.29 is 14.6 Å². The lowest BCUT2D eigenvalue weighted by Crippen LogP contribution is -2.45. The van der Waals surface area contributed by atoms with Crippen LogP contribution in [0.1, 0.15) is 37.7 Å². The van der Waals surface area contributed by atoms with E-state index in [0.717, 1.165) is 23.7 Å². The van der Waals surface area contributed by atoms with Gasteiger partial charge in [-0.3, -0.25) is 0 Å². The number of aliphatic hydroxyl groups is 2. The number of aliphatic hydroxyl groups excluding tert-OH is 1. The molecule has 1 atom stereocenters. The zero-order valence-corrected chi connectivity index (χ0v) is 11.8. The van der Waals surface area contributed by atoms with Gasteiger partial charge in [0, 0.05) is 10.9 Å². The Labute approximate surface area is 115 Å².